The van der Waals surface area contributed by atoms with E-state index in [1.165, 1.54) is 6.08 Å². The van der Waals surface area contributed by atoms with E-state index in [9.17, 15) is 24.6 Å². The van der Waals surface area contributed by atoms with Crippen LogP contribution in [0, 0.1) is 16.7 Å². The predicted molar refractivity (Wildman–Crippen MR) is 75.2 cm³/mol. The molecule has 4 aliphatic rings. The van der Waals surface area contributed by atoms with Crippen LogP contribution in [0.3, 0.4) is 0 Å². The Balaban J connectivity index is 2.03. The number of ketones is 1. The SMILES string of the molecule is COC(=O)[C@@]1(O)O[C@@H]2C[C@@]13C(=CC(=O)[C@@H]3C)[C@]1(C)COC(=O)[C@]21O. The quantitative estimate of drug-likeness (QED) is 0.589. The molecule has 8 nitrogen and oxygen atoms in total. The van der Waals surface area contributed by atoms with Crippen LogP contribution in [0.4, 0.5) is 0 Å². The van der Waals surface area contributed by atoms with Gasteiger partial charge in [0.25, 0.3) is 5.79 Å². The average molecular weight is 338 g/mol. The van der Waals surface area contributed by atoms with Crippen LogP contribution < -0.4 is 0 Å². The molecule has 0 aromatic rings. The van der Waals surface area contributed by atoms with Crippen LogP contribution in [-0.4, -0.2) is 59.1 Å². The minimum Gasteiger partial charge on any atom is -0.465 e. The first-order valence-electron chi connectivity index (χ1n) is 7.74. The molecule has 2 aliphatic carbocycles. The first-order chi connectivity index (χ1) is 11.1. The number of ether oxygens (including phenoxy) is 3. The molecule has 1 spiro atoms. The number of aliphatic hydroxyl groups is 2. The van der Waals surface area contributed by atoms with Crippen molar-refractivity contribution >= 4 is 17.7 Å². The molecule has 4 rings (SSSR count). The Hall–Kier alpha value is -1.77. The van der Waals surface area contributed by atoms with Gasteiger partial charge in [-0.1, -0.05) is 6.92 Å². The third-order valence-corrected chi connectivity index (χ3v) is 6.52. The van der Waals surface area contributed by atoms with Gasteiger partial charge in [0.05, 0.1) is 17.9 Å². The molecule has 2 bridgehead atoms. The van der Waals surface area contributed by atoms with Crippen molar-refractivity contribution in [2.24, 2.45) is 16.7 Å². The van der Waals surface area contributed by atoms with Gasteiger partial charge in [-0.15, -0.1) is 0 Å². The van der Waals surface area contributed by atoms with Crippen molar-refractivity contribution in [1.82, 2.24) is 0 Å². The van der Waals surface area contributed by atoms with Gasteiger partial charge in [0.15, 0.2) is 5.78 Å². The molecular formula is C16H18O8. The molecule has 1 saturated carbocycles. The normalized spacial score (nSPS) is 51.8. The smallest absolute Gasteiger partial charge is 0.367 e. The third kappa shape index (κ3) is 1.22. The number of allylic oxidation sites excluding steroid dienone is 1. The molecule has 0 aromatic heterocycles. The van der Waals surface area contributed by atoms with Crippen molar-refractivity contribution in [2.75, 3.05) is 13.7 Å². The number of rotatable bonds is 1. The molecule has 0 amide bonds. The molecule has 24 heavy (non-hydrogen) atoms. The van der Waals surface area contributed by atoms with Crippen LogP contribution in [0.2, 0.25) is 0 Å². The predicted octanol–water partition coefficient (Wildman–Crippen LogP) is -0.924. The molecule has 2 aliphatic heterocycles. The number of hydrogen-bond acceptors (Lipinski definition) is 8. The van der Waals surface area contributed by atoms with Gasteiger partial charge in [0, 0.05) is 5.92 Å². The van der Waals surface area contributed by atoms with Crippen LogP contribution in [-0.2, 0) is 28.6 Å². The highest BCUT2D eigenvalue weighted by molar-refractivity contribution is 6.00. The zero-order valence-electron chi connectivity index (χ0n) is 13.5. The lowest BCUT2D eigenvalue weighted by molar-refractivity contribution is -0.253. The van der Waals surface area contributed by atoms with Crippen molar-refractivity contribution < 1.29 is 38.8 Å². The maximum atomic E-state index is 12.4. The number of carbonyl (C=O) groups excluding carboxylic acids is 3. The fourth-order valence-corrected chi connectivity index (χ4v) is 5.10. The van der Waals surface area contributed by atoms with Gasteiger partial charge in [-0.25, -0.2) is 9.59 Å². The Labute approximate surface area is 137 Å². The summed E-state index contributed by atoms with van der Waals surface area (Å²) in [6.45, 7) is 3.02. The summed E-state index contributed by atoms with van der Waals surface area (Å²) in [7, 11) is 1.10. The molecular weight excluding hydrogens is 320 g/mol. The van der Waals surface area contributed by atoms with Gasteiger partial charge in [0.2, 0.25) is 5.60 Å². The molecule has 8 heteroatoms. The summed E-state index contributed by atoms with van der Waals surface area (Å²) < 4.78 is 15.3. The van der Waals surface area contributed by atoms with Gasteiger partial charge < -0.3 is 24.4 Å². The van der Waals surface area contributed by atoms with Gasteiger partial charge in [-0.3, -0.25) is 4.79 Å². The standard InChI is InChI=1S/C16H18O8/c1-7-8(17)4-9-13(2)6-23-11(18)15(13,20)10-5-14(7,9)16(21,24-10)12(19)22-3/h4,7,10,20-21H,5-6H2,1-3H3/t7-,10+,13-,14+,15+,16+/m0/s1. The molecule has 0 aromatic carbocycles. The molecule has 2 saturated heterocycles. The summed E-state index contributed by atoms with van der Waals surface area (Å²) in [6.07, 6.45) is 0.0571. The summed E-state index contributed by atoms with van der Waals surface area (Å²) in [5.41, 5.74) is -4.43. The first-order valence-corrected chi connectivity index (χ1v) is 7.74. The van der Waals surface area contributed by atoms with Crippen LogP contribution in [0.1, 0.15) is 20.3 Å². The number of carbonyl (C=O) groups is 3. The van der Waals surface area contributed by atoms with E-state index >= 15 is 0 Å². The molecule has 3 fully saturated rings. The summed E-state index contributed by atoms with van der Waals surface area (Å²) in [5, 5.41) is 22.2. The van der Waals surface area contributed by atoms with Crippen LogP contribution in [0.15, 0.2) is 11.6 Å². The lowest BCUT2D eigenvalue weighted by atomic mass is 9.51. The highest BCUT2D eigenvalue weighted by atomic mass is 16.7. The highest BCUT2D eigenvalue weighted by Crippen LogP contribution is 2.71. The number of cyclic esters (lactones) is 1. The number of esters is 2. The van der Waals surface area contributed by atoms with Crippen molar-refractivity contribution in [3.63, 3.8) is 0 Å². The van der Waals surface area contributed by atoms with Gasteiger partial charge in [0.1, 0.15) is 12.7 Å². The zero-order chi connectivity index (χ0) is 17.7. The number of hydrogen-bond donors (Lipinski definition) is 2. The Morgan fingerprint density at radius 2 is 2.04 bits per heavy atom. The second-order valence-electron chi connectivity index (χ2n) is 7.27. The van der Waals surface area contributed by atoms with Crippen molar-refractivity contribution in [2.45, 2.75) is 37.8 Å². The van der Waals surface area contributed by atoms with Crippen LogP contribution in [0.25, 0.3) is 0 Å². The average Bonchev–Trinajstić information content (AvgIpc) is 3.09. The van der Waals surface area contributed by atoms with Crippen LogP contribution >= 0.6 is 0 Å². The largest absolute Gasteiger partial charge is 0.465 e. The summed E-state index contributed by atoms with van der Waals surface area (Å²) in [5.74, 6) is -5.46. The van der Waals surface area contributed by atoms with Crippen LogP contribution in [0.5, 0.6) is 0 Å². The number of fused-ring (bicyclic) bond motifs is 4. The summed E-state index contributed by atoms with van der Waals surface area (Å²) in [4.78, 5) is 37.0. The zero-order valence-corrected chi connectivity index (χ0v) is 13.5. The second-order valence-corrected chi connectivity index (χ2v) is 7.27. The minimum absolute atomic E-state index is 0.0570. The molecule has 0 unspecified atom stereocenters. The topological polar surface area (TPSA) is 119 Å². The Morgan fingerprint density at radius 1 is 1.38 bits per heavy atom. The molecule has 0 radical (unpaired) electrons. The van der Waals surface area contributed by atoms with E-state index < -0.39 is 46.2 Å². The fourth-order valence-electron chi connectivity index (χ4n) is 5.10. The van der Waals surface area contributed by atoms with Gasteiger partial charge in [-0.2, -0.15) is 0 Å². The molecule has 130 valence electrons. The Kier molecular flexibility index (Phi) is 2.67. The van der Waals surface area contributed by atoms with Gasteiger partial charge in [-0.05, 0) is 25.0 Å². The lowest BCUT2D eigenvalue weighted by Gasteiger charge is -2.49. The maximum absolute atomic E-state index is 12.4. The van der Waals surface area contributed by atoms with Gasteiger partial charge >= 0.3 is 11.9 Å². The monoisotopic (exact) mass is 338 g/mol. The van der Waals surface area contributed by atoms with Crippen molar-refractivity contribution in [3.8, 4) is 0 Å². The molecule has 2 N–H and O–H groups in total. The van der Waals surface area contributed by atoms with E-state index in [1.54, 1.807) is 13.8 Å². The van der Waals surface area contributed by atoms with E-state index in [4.69, 9.17) is 14.2 Å². The van der Waals surface area contributed by atoms with E-state index in [0.29, 0.717) is 5.57 Å². The minimum atomic E-state index is -2.45. The fraction of sp³-hybridized carbons (Fsp3) is 0.688. The third-order valence-electron chi connectivity index (χ3n) is 6.52. The maximum Gasteiger partial charge on any atom is 0.367 e. The second kappa shape index (κ2) is 4.07. The molecule has 6 atom stereocenters. The van der Waals surface area contributed by atoms with E-state index in [0.717, 1.165) is 7.11 Å². The van der Waals surface area contributed by atoms with E-state index in [2.05, 4.69) is 0 Å². The Morgan fingerprint density at radius 3 is 2.67 bits per heavy atom. The van der Waals surface area contributed by atoms with E-state index in [1.807, 2.05) is 0 Å². The van der Waals surface area contributed by atoms with Crippen molar-refractivity contribution in [3.05, 3.63) is 11.6 Å². The Bertz CT molecular complexity index is 728. The van der Waals surface area contributed by atoms with Crippen molar-refractivity contribution in [1.29, 1.82) is 0 Å². The lowest BCUT2D eigenvalue weighted by Crippen LogP contribution is -2.63. The van der Waals surface area contributed by atoms with E-state index in [-0.39, 0.29) is 18.8 Å². The molecule has 2 heterocycles. The summed E-state index contributed by atoms with van der Waals surface area (Å²) >= 11 is 0. The summed E-state index contributed by atoms with van der Waals surface area (Å²) in [6, 6.07) is 0. The number of methoxy groups -OCH3 is 1. The first kappa shape index (κ1) is 15.7. The highest BCUT2D eigenvalue weighted by Gasteiger charge is 2.84.